The number of pyridine rings is 1. The monoisotopic (exact) mass is 426 g/mol. The van der Waals surface area contributed by atoms with Gasteiger partial charge < -0.3 is 10.3 Å². The van der Waals surface area contributed by atoms with Crippen molar-refractivity contribution in [3.63, 3.8) is 0 Å². The summed E-state index contributed by atoms with van der Waals surface area (Å²) < 4.78 is 4.78. The molecule has 0 unspecified atom stereocenters. The molecule has 0 bridgehead atoms. The van der Waals surface area contributed by atoms with Crippen molar-refractivity contribution in [3.05, 3.63) is 82.6 Å². The van der Waals surface area contributed by atoms with Gasteiger partial charge in [0.15, 0.2) is 5.82 Å². The lowest BCUT2D eigenvalue weighted by Gasteiger charge is -2.07. The van der Waals surface area contributed by atoms with Crippen LogP contribution in [0.3, 0.4) is 0 Å². The number of nitrogen functional groups attached to an aromatic ring is 1. The van der Waals surface area contributed by atoms with Gasteiger partial charge in [0.2, 0.25) is 0 Å². The minimum atomic E-state index is -0.242. The highest BCUT2D eigenvalue weighted by atomic mass is 16.2. The van der Waals surface area contributed by atoms with E-state index in [0.717, 1.165) is 38.9 Å². The van der Waals surface area contributed by atoms with Gasteiger partial charge >= 0.3 is 5.69 Å². The first-order valence-electron chi connectivity index (χ1n) is 10.2. The lowest BCUT2D eigenvalue weighted by Crippen LogP contribution is -2.24. The van der Waals surface area contributed by atoms with E-state index in [1.54, 1.807) is 23.2 Å². The Morgan fingerprint density at radius 3 is 2.69 bits per heavy atom. The summed E-state index contributed by atoms with van der Waals surface area (Å²) in [4.78, 5) is 25.8. The largest absolute Gasteiger partial charge is 0.383 e. The Balaban J connectivity index is 1.48. The van der Waals surface area contributed by atoms with Crippen LogP contribution in [0.15, 0.2) is 60.2 Å². The zero-order chi connectivity index (χ0) is 22.4. The number of benzene rings is 1. The van der Waals surface area contributed by atoms with E-state index in [-0.39, 0.29) is 5.69 Å². The van der Waals surface area contributed by atoms with Gasteiger partial charge in [0.25, 0.3) is 0 Å². The summed E-state index contributed by atoms with van der Waals surface area (Å²) in [5, 5.41) is 5.04. The predicted octanol–water partition coefficient (Wildman–Crippen LogP) is 2.63. The van der Waals surface area contributed by atoms with Crippen LogP contribution in [0, 0.1) is 13.8 Å². The number of hydrogen-bond acceptors (Lipinski definition) is 6. The molecule has 0 radical (unpaired) electrons. The third-order valence-electron chi connectivity index (χ3n) is 5.64. The maximum atomic E-state index is 12.9. The SMILES string of the molecule is Cc1ccc(C)c(Cn2cnn(-c3ccc(-c4cn(C)c5ncnc(N)c45)cn3)c2=O)c1. The molecule has 0 amide bonds. The molecule has 0 fully saturated rings. The van der Waals surface area contributed by atoms with Crippen LogP contribution < -0.4 is 11.4 Å². The number of aromatic nitrogens is 7. The van der Waals surface area contributed by atoms with Crippen molar-refractivity contribution in [2.75, 3.05) is 5.73 Å². The Labute approximate surface area is 183 Å². The molecule has 4 aromatic heterocycles. The molecule has 0 spiro atoms. The van der Waals surface area contributed by atoms with E-state index in [4.69, 9.17) is 5.73 Å². The molecule has 0 saturated carbocycles. The highest BCUT2D eigenvalue weighted by Crippen LogP contribution is 2.31. The van der Waals surface area contributed by atoms with Crippen molar-refractivity contribution >= 4 is 16.9 Å². The summed E-state index contributed by atoms with van der Waals surface area (Å²) in [6, 6.07) is 9.87. The first kappa shape index (κ1) is 19.7. The Hall–Kier alpha value is -4.27. The minimum Gasteiger partial charge on any atom is -0.383 e. The third kappa shape index (κ3) is 3.24. The molecule has 9 heteroatoms. The fourth-order valence-electron chi connectivity index (χ4n) is 3.88. The third-order valence-corrected chi connectivity index (χ3v) is 5.64. The summed E-state index contributed by atoms with van der Waals surface area (Å²) in [5.41, 5.74) is 11.7. The minimum absolute atomic E-state index is 0.242. The molecule has 5 rings (SSSR count). The normalized spacial score (nSPS) is 11.3. The van der Waals surface area contributed by atoms with E-state index in [0.29, 0.717) is 18.2 Å². The maximum Gasteiger partial charge on any atom is 0.352 e. The zero-order valence-electron chi connectivity index (χ0n) is 18.0. The summed E-state index contributed by atoms with van der Waals surface area (Å²) >= 11 is 0. The van der Waals surface area contributed by atoms with Crippen molar-refractivity contribution in [3.8, 4) is 16.9 Å². The summed E-state index contributed by atoms with van der Waals surface area (Å²) in [7, 11) is 1.90. The van der Waals surface area contributed by atoms with Crippen molar-refractivity contribution in [1.82, 2.24) is 33.9 Å². The molecular weight excluding hydrogens is 404 g/mol. The van der Waals surface area contributed by atoms with Crippen LogP contribution in [-0.2, 0) is 13.6 Å². The van der Waals surface area contributed by atoms with Gasteiger partial charge in [0.1, 0.15) is 24.1 Å². The fraction of sp³-hybridized carbons (Fsp3) is 0.174. The van der Waals surface area contributed by atoms with Gasteiger partial charge in [-0.3, -0.25) is 4.57 Å². The van der Waals surface area contributed by atoms with Crippen molar-refractivity contribution in [2.45, 2.75) is 20.4 Å². The predicted molar refractivity (Wildman–Crippen MR) is 123 cm³/mol. The fourth-order valence-corrected chi connectivity index (χ4v) is 3.88. The van der Waals surface area contributed by atoms with Crippen molar-refractivity contribution in [1.29, 1.82) is 0 Å². The van der Waals surface area contributed by atoms with Gasteiger partial charge in [0, 0.05) is 30.6 Å². The molecule has 0 atom stereocenters. The average Bonchev–Trinajstić information content (AvgIpc) is 3.32. The van der Waals surface area contributed by atoms with E-state index < -0.39 is 0 Å². The first-order chi connectivity index (χ1) is 15.4. The van der Waals surface area contributed by atoms with Crippen molar-refractivity contribution in [2.24, 2.45) is 7.05 Å². The molecule has 160 valence electrons. The summed E-state index contributed by atoms with van der Waals surface area (Å²) in [6.45, 7) is 4.53. The van der Waals surface area contributed by atoms with E-state index in [9.17, 15) is 4.79 Å². The molecule has 0 saturated heterocycles. The second-order valence-corrected chi connectivity index (χ2v) is 7.90. The Kier molecular flexibility index (Phi) is 4.58. The summed E-state index contributed by atoms with van der Waals surface area (Å²) in [6.07, 6.45) is 6.64. The molecule has 1 aromatic carbocycles. The molecular formula is C23H22N8O. The number of fused-ring (bicyclic) bond motifs is 1. The van der Waals surface area contributed by atoms with Crippen LogP contribution in [0.25, 0.3) is 28.0 Å². The zero-order valence-corrected chi connectivity index (χ0v) is 18.0. The lowest BCUT2D eigenvalue weighted by atomic mass is 10.1. The molecule has 0 aliphatic heterocycles. The number of nitrogens with zero attached hydrogens (tertiary/aromatic N) is 7. The van der Waals surface area contributed by atoms with Gasteiger partial charge in [-0.25, -0.2) is 19.7 Å². The first-order valence-corrected chi connectivity index (χ1v) is 10.2. The Morgan fingerprint density at radius 1 is 1.06 bits per heavy atom. The van der Waals surface area contributed by atoms with Gasteiger partial charge in [-0.15, -0.1) is 0 Å². The maximum absolute atomic E-state index is 12.9. The highest BCUT2D eigenvalue weighted by Gasteiger charge is 2.15. The molecule has 0 aliphatic rings. The highest BCUT2D eigenvalue weighted by molar-refractivity contribution is 6.00. The molecule has 0 aliphatic carbocycles. The number of hydrogen-bond donors (Lipinski definition) is 1. The van der Waals surface area contributed by atoms with E-state index in [1.807, 2.05) is 37.7 Å². The summed E-state index contributed by atoms with van der Waals surface area (Å²) in [5.74, 6) is 0.860. The quantitative estimate of drug-likeness (QED) is 0.473. The van der Waals surface area contributed by atoms with Crippen LogP contribution in [0.5, 0.6) is 0 Å². The molecule has 5 aromatic rings. The second kappa shape index (κ2) is 7.45. The van der Waals surface area contributed by atoms with Crippen LogP contribution in [0.2, 0.25) is 0 Å². The van der Waals surface area contributed by atoms with Gasteiger partial charge in [-0.2, -0.15) is 9.78 Å². The van der Waals surface area contributed by atoms with E-state index >= 15 is 0 Å². The molecule has 32 heavy (non-hydrogen) atoms. The van der Waals surface area contributed by atoms with E-state index in [2.05, 4.69) is 38.2 Å². The second-order valence-electron chi connectivity index (χ2n) is 7.90. The van der Waals surface area contributed by atoms with E-state index in [1.165, 1.54) is 11.0 Å². The van der Waals surface area contributed by atoms with Crippen LogP contribution >= 0.6 is 0 Å². The average molecular weight is 426 g/mol. The number of rotatable bonds is 4. The van der Waals surface area contributed by atoms with Crippen molar-refractivity contribution < 1.29 is 0 Å². The molecule has 2 N–H and O–H groups in total. The Bertz CT molecular complexity index is 1510. The van der Waals surface area contributed by atoms with Crippen LogP contribution in [0.1, 0.15) is 16.7 Å². The Morgan fingerprint density at radius 2 is 1.91 bits per heavy atom. The van der Waals surface area contributed by atoms with Gasteiger partial charge in [-0.05, 0) is 37.1 Å². The number of aryl methyl sites for hydroxylation is 3. The standard InChI is InChI=1S/C23H22N8O/c1-14-4-5-15(2)17(8-14)10-30-13-28-31(23(30)32)19-7-6-16(9-25-19)18-11-29(3)22-20(18)21(24)26-12-27-22/h4-9,11-13H,10H2,1-3H3,(H2,24,26,27). The smallest absolute Gasteiger partial charge is 0.352 e. The number of nitrogens with two attached hydrogens (primary N) is 1. The topological polar surface area (TPSA) is 109 Å². The van der Waals surface area contributed by atoms with Gasteiger partial charge in [-0.1, -0.05) is 23.8 Å². The lowest BCUT2D eigenvalue weighted by molar-refractivity contribution is 0.728. The van der Waals surface area contributed by atoms with Crippen LogP contribution in [0.4, 0.5) is 5.82 Å². The molecule has 4 heterocycles. The van der Waals surface area contributed by atoms with Crippen LogP contribution in [-0.4, -0.2) is 33.9 Å². The number of anilines is 1. The molecule has 9 nitrogen and oxygen atoms in total. The van der Waals surface area contributed by atoms with Gasteiger partial charge in [0.05, 0.1) is 11.9 Å².